The number of fused-ring (bicyclic) bond motifs is 1. The molecule has 29 heavy (non-hydrogen) atoms. The van der Waals surface area contributed by atoms with Gasteiger partial charge in [-0.3, -0.25) is 0 Å². The van der Waals surface area contributed by atoms with Crippen LogP contribution in [0.5, 0.6) is 17.2 Å². The van der Waals surface area contributed by atoms with Crippen LogP contribution in [-0.4, -0.2) is 33.7 Å². The third kappa shape index (κ3) is 6.08. The van der Waals surface area contributed by atoms with E-state index in [1.54, 1.807) is 41.7 Å². The molecule has 7 nitrogen and oxygen atoms in total. The fourth-order valence-electron chi connectivity index (χ4n) is 2.90. The predicted molar refractivity (Wildman–Crippen MR) is 107 cm³/mol. The number of hydrogen-bond donors (Lipinski definition) is 1. The van der Waals surface area contributed by atoms with Crippen molar-refractivity contribution in [1.82, 2.24) is 5.32 Å². The zero-order valence-corrected chi connectivity index (χ0v) is 20.0. The normalized spacial score (nSPS) is 12.2. The molecule has 0 radical (unpaired) electrons. The van der Waals surface area contributed by atoms with Crippen molar-refractivity contribution in [3.05, 3.63) is 52.7 Å². The number of ether oxygens (including phenoxy) is 2. The summed E-state index contributed by atoms with van der Waals surface area (Å²) in [4.78, 5) is 1.08. The smallest absolute Gasteiger partial charge is 0.716 e. The van der Waals surface area contributed by atoms with E-state index in [0.29, 0.717) is 16.5 Å². The van der Waals surface area contributed by atoms with E-state index in [4.69, 9.17) is 9.47 Å². The molecule has 1 atom stereocenters. The average Bonchev–Trinajstić information content (AvgIpc) is 3.19. The number of hydrogen-bond acceptors (Lipinski definition) is 8. The molecular weight excluding hydrogens is 425 g/mol. The van der Waals surface area contributed by atoms with Gasteiger partial charge in [0.1, 0.15) is 11.9 Å². The molecule has 2 aromatic carbocycles. The Bertz CT molecular complexity index is 1040. The van der Waals surface area contributed by atoms with Crippen LogP contribution in [0.25, 0.3) is 10.8 Å². The van der Waals surface area contributed by atoms with Crippen molar-refractivity contribution in [2.45, 2.75) is 12.5 Å². The van der Waals surface area contributed by atoms with Gasteiger partial charge < -0.3 is 23.5 Å². The first-order chi connectivity index (χ1) is 13.4. The molecule has 1 N–H and O–H groups in total. The fraction of sp³-hybridized carbons (Fsp3) is 0.263. The summed E-state index contributed by atoms with van der Waals surface area (Å²) < 4.78 is 49.6. The van der Waals surface area contributed by atoms with Crippen LogP contribution in [0.3, 0.4) is 0 Å². The zero-order chi connectivity index (χ0) is 20.1. The quantitative estimate of drug-likeness (QED) is 0.291. The molecule has 150 valence electrons. The van der Waals surface area contributed by atoms with Gasteiger partial charge in [0.25, 0.3) is 10.4 Å². The van der Waals surface area contributed by atoms with Gasteiger partial charge in [-0.25, -0.2) is 8.42 Å². The first-order valence-corrected chi connectivity index (χ1v) is 10.7. The van der Waals surface area contributed by atoms with Gasteiger partial charge in [0.05, 0.1) is 7.11 Å². The van der Waals surface area contributed by atoms with Crippen LogP contribution in [0.15, 0.2) is 47.8 Å². The van der Waals surface area contributed by atoms with Gasteiger partial charge in [0, 0.05) is 22.1 Å². The molecule has 0 saturated carbocycles. The molecule has 3 rings (SSSR count). The maximum absolute atomic E-state index is 11.2. The molecule has 10 heteroatoms. The largest absolute Gasteiger partial charge is 1.00 e. The Kier molecular flexibility index (Phi) is 8.77. The van der Waals surface area contributed by atoms with Crippen molar-refractivity contribution in [2.24, 2.45) is 0 Å². The zero-order valence-electron chi connectivity index (χ0n) is 16.4. The molecule has 0 saturated heterocycles. The van der Waals surface area contributed by atoms with Gasteiger partial charge >= 0.3 is 29.6 Å². The van der Waals surface area contributed by atoms with Crippen molar-refractivity contribution in [3.63, 3.8) is 0 Å². The molecule has 1 heterocycles. The second kappa shape index (κ2) is 10.6. The Morgan fingerprint density at radius 1 is 1.10 bits per heavy atom. The van der Waals surface area contributed by atoms with Crippen LogP contribution < -0.4 is 48.5 Å². The van der Waals surface area contributed by atoms with Gasteiger partial charge in [-0.2, -0.15) is 0 Å². The molecule has 0 spiro atoms. The van der Waals surface area contributed by atoms with Gasteiger partial charge in [-0.1, -0.05) is 18.2 Å². The van der Waals surface area contributed by atoms with Crippen molar-refractivity contribution < 1.29 is 56.2 Å². The molecule has 1 aromatic heterocycles. The van der Waals surface area contributed by atoms with E-state index in [1.807, 2.05) is 24.6 Å². The van der Waals surface area contributed by atoms with E-state index in [2.05, 4.69) is 9.50 Å². The molecular formula is C19H20NNaO6S2. The SMILES string of the molecule is CNCCC(Oc1cccc2c(OS(=O)(=O)[O-])c(OC)ccc12)c1cccs1.[Na+]. The Hall–Kier alpha value is -1.33. The van der Waals surface area contributed by atoms with Crippen molar-refractivity contribution >= 4 is 32.5 Å². The summed E-state index contributed by atoms with van der Waals surface area (Å²) >= 11 is 1.61. The molecule has 0 bridgehead atoms. The Labute approximate surface area is 196 Å². The number of nitrogens with one attached hydrogen (secondary N) is 1. The number of methoxy groups -OCH3 is 1. The minimum Gasteiger partial charge on any atom is -0.716 e. The second-order valence-electron chi connectivity index (χ2n) is 5.95. The second-order valence-corrected chi connectivity index (χ2v) is 7.92. The van der Waals surface area contributed by atoms with E-state index in [9.17, 15) is 13.0 Å². The molecule has 0 aliphatic carbocycles. The minimum absolute atomic E-state index is 0. The maximum atomic E-state index is 11.2. The van der Waals surface area contributed by atoms with Gasteiger partial charge in [-0.15, -0.1) is 11.3 Å². The van der Waals surface area contributed by atoms with Gasteiger partial charge in [0.15, 0.2) is 11.5 Å². The first kappa shape index (κ1) is 23.9. The van der Waals surface area contributed by atoms with Gasteiger partial charge in [-0.05, 0) is 43.2 Å². The van der Waals surface area contributed by atoms with Crippen molar-refractivity contribution in [1.29, 1.82) is 0 Å². The van der Waals surface area contributed by atoms with Crippen molar-refractivity contribution in [3.8, 4) is 17.2 Å². The Balaban J connectivity index is 0.00000300. The topological polar surface area (TPSA) is 96.9 Å². The summed E-state index contributed by atoms with van der Waals surface area (Å²) in [6.07, 6.45) is 0.578. The van der Waals surface area contributed by atoms with Crippen LogP contribution in [0, 0.1) is 0 Å². The van der Waals surface area contributed by atoms with Crippen LogP contribution in [0.2, 0.25) is 0 Å². The number of rotatable bonds is 9. The van der Waals surface area contributed by atoms with Crippen LogP contribution in [-0.2, 0) is 10.4 Å². The van der Waals surface area contributed by atoms with Crippen LogP contribution >= 0.6 is 11.3 Å². The Morgan fingerprint density at radius 3 is 2.52 bits per heavy atom. The monoisotopic (exact) mass is 445 g/mol. The molecule has 3 aromatic rings. The fourth-order valence-corrected chi connectivity index (χ4v) is 4.06. The molecule has 1 unspecified atom stereocenters. The van der Waals surface area contributed by atoms with E-state index in [1.165, 1.54) is 7.11 Å². The van der Waals surface area contributed by atoms with E-state index < -0.39 is 10.4 Å². The summed E-state index contributed by atoms with van der Waals surface area (Å²) in [5.41, 5.74) is 0. The summed E-state index contributed by atoms with van der Waals surface area (Å²) in [6.45, 7) is 0.768. The summed E-state index contributed by atoms with van der Waals surface area (Å²) in [5.74, 6) is 0.556. The van der Waals surface area contributed by atoms with Crippen LogP contribution in [0.4, 0.5) is 0 Å². The predicted octanol–water partition coefficient (Wildman–Crippen LogP) is 0.483. The van der Waals surface area contributed by atoms with Gasteiger partial charge in [0.2, 0.25) is 0 Å². The third-order valence-electron chi connectivity index (χ3n) is 4.13. The maximum Gasteiger partial charge on any atom is 1.00 e. The standard InChI is InChI=1S/C19H21NO6S2.Na/c1-20-11-10-16(18-7-4-12-27-18)25-15-6-3-5-14-13(15)8-9-17(24-2)19(14)26-28(21,22)23;/h3-9,12,16,20H,10-11H2,1-2H3,(H,21,22,23);/q;+1/p-1. The minimum atomic E-state index is -4.96. The molecule has 0 fully saturated rings. The van der Waals surface area contributed by atoms with E-state index in [-0.39, 0.29) is 47.2 Å². The van der Waals surface area contributed by atoms with Crippen molar-refractivity contribution in [2.75, 3.05) is 20.7 Å². The average molecular weight is 445 g/mol. The Morgan fingerprint density at radius 2 is 1.90 bits per heavy atom. The molecule has 0 amide bonds. The summed E-state index contributed by atoms with van der Waals surface area (Å²) in [6, 6.07) is 12.4. The number of thiophene rings is 1. The van der Waals surface area contributed by atoms with Crippen LogP contribution in [0.1, 0.15) is 17.4 Å². The summed E-state index contributed by atoms with van der Waals surface area (Å²) in [5, 5.41) is 6.14. The summed E-state index contributed by atoms with van der Waals surface area (Å²) in [7, 11) is -1.71. The third-order valence-corrected chi connectivity index (χ3v) is 5.46. The number of benzene rings is 2. The van der Waals surface area contributed by atoms with E-state index >= 15 is 0 Å². The molecule has 0 aliphatic heterocycles. The molecule has 0 aliphatic rings. The van der Waals surface area contributed by atoms with E-state index in [0.717, 1.165) is 17.8 Å². The first-order valence-electron chi connectivity index (χ1n) is 8.52.